The van der Waals surface area contributed by atoms with Crippen LogP contribution in [0.3, 0.4) is 0 Å². The quantitative estimate of drug-likeness (QED) is 0.691. The Morgan fingerprint density at radius 1 is 0.857 bits per heavy atom. The van der Waals surface area contributed by atoms with Gasteiger partial charge < -0.3 is 4.74 Å². The maximum Gasteiger partial charge on any atom is 0.146 e. The summed E-state index contributed by atoms with van der Waals surface area (Å²) in [5, 5.41) is 0. The highest BCUT2D eigenvalue weighted by Crippen LogP contribution is 2.49. The lowest BCUT2D eigenvalue weighted by Crippen LogP contribution is -2.22. The van der Waals surface area contributed by atoms with E-state index in [0.29, 0.717) is 0 Å². The van der Waals surface area contributed by atoms with Gasteiger partial charge in [-0.1, -0.05) is 54.6 Å². The van der Waals surface area contributed by atoms with Gasteiger partial charge in [-0.3, -0.25) is 0 Å². The first-order valence-electron chi connectivity index (χ1n) is 7.37. The van der Waals surface area contributed by atoms with Crippen LogP contribution < -0.4 is 0 Å². The van der Waals surface area contributed by atoms with Crippen LogP contribution in [-0.2, 0) is 11.2 Å². The van der Waals surface area contributed by atoms with Gasteiger partial charge in [-0.15, -0.1) is 0 Å². The molecule has 2 aromatic rings. The molecule has 3 aliphatic rings. The van der Waals surface area contributed by atoms with Crippen LogP contribution in [0.4, 0.5) is 0 Å². The van der Waals surface area contributed by atoms with Gasteiger partial charge in [0.25, 0.3) is 0 Å². The monoisotopic (exact) mass is 270 g/mol. The molecule has 0 saturated carbocycles. The molecule has 1 heteroatoms. The molecule has 0 saturated heterocycles. The number of rotatable bonds is 0. The van der Waals surface area contributed by atoms with Crippen molar-refractivity contribution in [3.8, 4) is 0 Å². The van der Waals surface area contributed by atoms with Crippen LogP contribution in [0.2, 0.25) is 0 Å². The molecule has 5 rings (SSSR count). The van der Waals surface area contributed by atoms with Crippen LogP contribution in [0.1, 0.15) is 22.3 Å². The SMILES string of the molecule is C1=COC2C(=C1)c1ccccc1C1=C2Cc2ccccc21. The maximum atomic E-state index is 5.98. The minimum absolute atomic E-state index is 0.0762. The third-order valence-electron chi connectivity index (χ3n) is 4.66. The molecular weight excluding hydrogens is 256 g/mol. The number of hydrogen-bond acceptors (Lipinski definition) is 1. The Balaban J connectivity index is 1.85. The van der Waals surface area contributed by atoms with E-state index in [4.69, 9.17) is 4.74 Å². The first kappa shape index (κ1) is 11.2. The summed E-state index contributed by atoms with van der Waals surface area (Å²) >= 11 is 0. The lowest BCUT2D eigenvalue weighted by atomic mass is 9.80. The molecule has 0 amide bonds. The van der Waals surface area contributed by atoms with Crippen molar-refractivity contribution in [2.24, 2.45) is 0 Å². The zero-order valence-electron chi connectivity index (χ0n) is 11.5. The predicted molar refractivity (Wildman–Crippen MR) is 84.6 cm³/mol. The molecule has 0 radical (unpaired) electrons. The van der Waals surface area contributed by atoms with Gasteiger partial charge in [0.05, 0.1) is 6.26 Å². The highest BCUT2D eigenvalue weighted by Gasteiger charge is 2.37. The van der Waals surface area contributed by atoms with E-state index in [-0.39, 0.29) is 6.10 Å². The van der Waals surface area contributed by atoms with E-state index in [2.05, 4.69) is 54.6 Å². The summed E-state index contributed by atoms with van der Waals surface area (Å²) in [5.41, 5.74) is 9.53. The van der Waals surface area contributed by atoms with Crippen LogP contribution >= 0.6 is 0 Å². The van der Waals surface area contributed by atoms with E-state index in [1.807, 2.05) is 12.3 Å². The molecular formula is C20H14O. The molecule has 0 N–H and O–H groups in total. The fraction of sp³-hybridized carbons (Fsp3) is 0.100. The number of ether oxygens (including phenoxy) is 1. The van der Waals surface area contributed by atoms with Gasteiger partial charge in [0.15, 0.2) is 0 Å². The van der Waals surface area contributed by atoms with Crippen molar-refractivity contribution in [3.05, 3.63) is 94.8 Å². The Bertz CT molecular complexity index is 852. The molecule has 100 valence electrons. The van der Waals surface area contributed by atoms with Gasteiger partial charge in [0.2, 0.25) is 0 Å². The van der Waals surface area contributed by atoms with Crippen molar-refractivity contribution in [1.82, 2.24) is 0 Å². The molecule has 2 aromatic carbocycles. The van der Waals surface area contributed by atoms with Crippen LogP contribution in [0.5, 0.6) is 0 Å². The first-order valence-corrected chi connectivity index (χ1v) is 7.37. The second kappa shape index (κ2) is 3.98. The molecule has 1 nitrogen and oxygen atoms in total. The molecule has 1 atom stereocenters. The standard InChI is InChI=1S/C20H14O/c1-2-7-14-13(6-1)12-18-19(14)16-9-4-3-8-15(16)17-10-5-11-21-20(17)18/h1-11,20H,12H2. The van der Waals surface area contributed by atoms with Crippen LogP contribution in [0, 0.1) is 0 Å². The van der Waals surface area contributed by atoms with Crippen molar-refractivity contribution in [3.63, 3.8) is 0 Å². The molecule has 21 heavy (non-hydrogen) atoms. The first-order chi connectivity index (χ1) is 10.4. The minimum atomic E-state index is 0.0762. The maximum absolute atomic E-state index is 5.98. The molecule has 1 heterocycles. The number of allylic oxidation sites excluding steroid dienone is 2. The number of hydrogen-bond donors (Lipinski definition) is 0. The Hall–Kier alpha value is -2.54. The average Bonchev–Trinajstić information content (AvgIpc) is 2.95. The van der Waals surface area contributed by atoms with Crippen molar-refractivity contribution < 1.29 is 4.74 Å². The van der Waals surface area contributed by atoms with E-state index in [9.17, 15) is 0 Å². The second-order valence-corrected chi connectivity index (χ2v) is 5.75. The molecule has 1 aliphatic heterocycles. The van der Waals surface area contributed by atoms with E-state index >= 15 is 0 Å². The molecule has 0 bridgehead atoms. The summed E-state index contributed by atoms with van der Waals surface area (Å²) < 4.78 is 5.98. The Labute approximate surface area is 123 Å². The molecule has 2 aliphatic carbocycles. The van der Waals surface area contributed by atoms with E-state index < -0.39 is 0 Å². The predicted octanol–water partition coefficient (Wildman–Crippen LogP) is 4.35. The lowest BCUT2D eigenvalue weighted by molar-refractivity contribution is 0.220. The molecule has 0 fully saturated rings. The Kier molecular flexibility index (Phi) is 2.12. The Morgan fingerprint density at radius 3 is 2.52 bits per heavy atom. The van der Waals surface area contributed by atoms with E-state index in [0.717, 1.165) is 6.42 Å². The van der Waals surface area contributed by atoms with Gasteiger partial charge in [0.1, 0.15) is 6.10 Å². The van der Waals surface area contributed by atoms with Gasteiger partial charge in [-0.05, 0) is 45.9 Å². The lowest BCUT2D eigenvalue weighted by Gasteiger charge is -2.31. The molecule has 1 unspecified atom stereocenters. The summed E-state index contributed by atoms with van der Waals surface area (Å²) in [6.45, 7) is 0. The average molecular weight is 270 g/mol. The van der Waals surface area contributed by atoms with Crippen molar-refractivity contribution in [1.29, 1.82) is 0 Å². The van der Waals surface area contributed by atoms with Crippen LogP contribution in [-0.4, -0.2) is 6.10 Å². The highest BCUT2D eigenvalue weighted by atomic mass is 16.5. The number of fused-ring (bicyclic) bond motifs is 7. The third-order valence-corrected chi connectivity index (χ3v) is 4.66. The van der Waals surface area contributed by atoms with Crippen LogP contribution in [0.25, 0.3) is 11.1 Å². The van der Waals surface area contributed by atoms with Crippen LogP contribution in [0.15, 0.2) is 72.5 Å². The minimum Gasteiger partial charge on any atom is -0.489 e. The van der Waals surface area contributed by atoms with Gasteiger partial charge in [-0.2, -0.15) is 0 Å². The third kappa shape index (κ3) is 1.41. The Morgan fingerprint density at radius 2 is 1.62 bits per heavy atom. The van der Waals surface area contributed by atoms with Gasteiger partial charge in [0, 0.05) is 5.57 Å². The van der Waals surface area contributed by atoms with Gasteiger partial charge >= 0.3 is 0 Å². The largest absolute Gasteiger partial charge is 0.489 e. The van der Waals surface area contributed by atoms with Gasteiger partial charge in [-0.25, -0.2) is 0 Å². The fourth-order valence-corrected chi connectivity index (χ4v) is 3.81. The smallest absolute Gasteiger partial charge is 0.146 e. The summed E-state index contributed by atoms with van der Waals surface area (Å²) in [7, 11) is 0. The number of benzene rings is 2. The van der Waals surface area contributed by atoms with E-state index in [1.54, 1.807) is 0 Å². The molecule has 0 spiro atoms. The fourth-order valence-electron chi connectivity index (χ4n) is 3.81. The van der Waals surface area contributed by atoms with E-state index in [1.165, 1.54) is 39.0 Å². The summed E-state index contributed by atoms with van der Waals surface area (Å²) in [5.74, 6) is 0. The zero-order chi connectivity index (χ0) is 13.8. The van der Waals surface area contributed by atoms with Crippen molar-refractivity contribution in [2.75, 3.05) is 0 Å². The normalized spacial score (nSPS) is 21.0. The summed E-state index contributed by atoms with van der Waals surface area (Å²) in [6, 6.07) is 17.4. The molecule has 0 aromatic heterocycles. The highest BCUT2D eigenvalue weighted by molar-refractivity contribution is 5.98. The van der Waals surface area contributed by atoms with Crippen molar-refractivity contribution in [2.45, 2.75) is 12.5 Å². The van der Waals surface area contributed by atoms with Crippen molar-refractivity contribution >= 4 is 11.1 Å². The zero-order valence-corrected chi connectivity index (χ0v) is 11.5. The summed E-state index contributed by atoms with van der Waals surface area (Å²) in [6.07, 6.45) is 7.08. The topological polar surface area (TPSA) is 9.23 Å². The second-order valence-electron chi connectivity index (χ2n) is 5.75. The summed E-state index contributed by atoms with van der Waals surface area (Å²) in [4.78, 5) is 0.